The molecule has 156 valence electrons. The molecule has 4 heteroatoms. The van der Waals surface area contributed by atoms with Crippen molar-refractivity contribution in [2.45, 2.75) is 57.3 Å². The summed E-state index contributed by atoms with van der Waals surface area (Å²) in [6, 6.07) is 17.7. The van der Waals surface area contributed by atoms with Crippen LogP contribution in [0, 0.1) is 0 Å². The van der Waals surface area contributed by atoms with Crippen molar-refractivity contribution in [3.63, 3.8) is 0 Å². The van der Waals surface area contributed by atoms with Crippen molar-refractivity contribution in [3.8, 4) is 5.75 Å². The summed E-state index contributed by atoms with van der Waals surface area (Å²) < 4.78 is 5.85. The Morgan fingerprint density at radius 1 is 1.07 bits per heavy atom. The lowest BCUT2D eigenvalue weighted by Gasteiger charge is -2.30. The van der Waals surface area contributed by atoms with Gasteiger partial charge in [0.2, 0.25) is 0 Å². The molecule has 0 radical (unpaired) electrons. The average molecular weight is 395 g/mol. The van der Waals surface area contributed by atoms with Crippen molar-refractivity contribution in [1.82, 2.24) is 9.80 Å². The molecule has 1 fully saturated rings. The van der Waals surface area contributed by atoms with E-state index >= 15 is 0 Å². The van der Waals surface area contributed by atoms with Crippen molar-refractivity contribution >= 4 is 0 Å². The van der Waals surface area contributed by atoms with Crippen molar-refractivity contribution in [2.75, 3.05) is 26.7 Å². The van der Waals surface area contributed by atoms with Gasteiger partial charge >= 0.3 is 0 Å². The molecule has 29 heavy (non-hydrogen) atoms. The number of rotatable bonds is 8. The fraction of sp³-hybridized carbons (Fsp3) is 0.520. The minimum Gasteiger partial charge on any atom is -0.491 e. The van der Waals surface area contributed by atoms with Crippen LogP contribution in [0.3, 0.4) is 0 Å². The Labute approximate surface area is 175 Å². The molecule has 1 saturated carbocycles. The van der Waals surface area contributed by atoms with E-state index in [-0.39, 0.29) is 0 Å². The van der Waals surface area contributed by atoms with Crippen LogP contribution in [0.25, 0.3) is 0 Å². The fourth-order valence-electron chi connectivity index (χ4n) is 4.71. The highest BCUT2D eigenvalue weighted by Gasteiger charge is 2.20. The summed E-state index contributed by atoms with van der Waals surface area (Å²) >= 11 is 0. The molecule has 2 aromatic carbocycles. The number of fused-ring (bicyclic) bond motifs is 1. The maximum atomic E-state index is 10.4. The Bertz CT molecular complexity index is 771. The number of aliphatic hydroxyl groups is 1. The van der Waals surface area contributed by atoms with Crippen LogP contribution in [-0.2, 0) is 19.5 Å². The number of aliphatic hydroxyl groups excluding tert-OH is 1. The summed E-state index contributed by atoms with van der Waals surface area (Å²) in [4.78, 5) is 4.79. The monoisotopic (exact) mass is 394 g/mol. The Morgan fingerprint density at radius 2 is 1.79 bits per heavy atom. The summed E-state index contributed by atoms with van der Waals surface area (Å²) in [5.41, 5.74) is 4.14. The zero-order valence-electron chi connectivity index (χ0n) is 17.6. The van der Waals surface area contributed by atoms with Crippen LogP contribution in [0.4, 0.5) is 0 Å². The molecule has 1 N–H and O–H groups in total. The first kappa shape index (κ1) is 20.4. The highest BCUT2D eigenvalue weighted by atomic mass is 16.5. The van der Waals surface area contributed by atoms with E-state index in [9.17, 15) is 5.11 Å². The quantitative estimate of drug-likeness (QED) is 0.738. The topological polar surface area (TPSA) is 35.9 Å². The predicted octanol–water partition coefficient (Wildman–Crippen LogP) is 3.86. The van der Waals surface area contributed by atoms with Gasteiger partial charge in [0.15, 0.2) is 0 Å². The van der Waals surface area contributed by atoms with E-state index in [0.717, 1.165) is 37.8 Å². The lowest BCUT2D eigenvalue weighted by atomic mass is 10.00. The van der Waals surface area contributed by atoms with Gasteiger partial charge in [-0.2, -0.15) is 0 Å². The van der Waals surface area contributed by atoms with Gasteiger partial charge in [-0.25, -0.2) is 0 Å². The number of hydrogen-bond acceptors (Lipinski definition) is 4. The first-order valence-corrected chi connectivity index (χ1v) is 11.1. The van der Waals surface area contributed by atoms with Crippen LogP contribution in [-0.4, -0.2) is 53.8 Å². The number of benzene rings is 2. The van der Waals surface area contributed by atoms with E-state index in [1.807, 2.05) is 12.1 Å². The van der Waals surface area contributed by atoms with Crippen LogP contribution in [0.15, 0.2) is 48.5 Å². The zero-order chi connectivity index (χ0) is 20.1. The maximum Gasteiger partial charge on any atom is 0.119 e. The SMILES string of the molecule is CN(Cc1ccc(OCC(O)CN2CCc3ccccc3C2)cc1)C1CCCC1. The van der Waals surface area contributed by atoms with Gasteiger partial charge < -0.3 is 9.84 Å². The number of hydrogen-bond donors (Lipinski definition) is 1. The summed E-state index contributed by atoms with van der Waals surface area (Å²) in [7, 11) is 2.23. The van der Waals surface area contributed by atoms with Gasteiger partial charge in [-0.15, -0.1) is 0 Å². The molecule has 0 aromatic heterocycles. The molecule has 1 unspecified atom stereocenters. The molecule has 4 rings (SSSR count). The predicted molar refractivity (Wildman–Crippen MR) is 117 cm³/mol. The Hall–Kier alpha value is -1.88. The molecule has 1 aliphatic carbocycles. The standard InChI is InChI=1S/C25H34N2O2/c1-26(23-8-4-5-9-23)16-20-10-12-25(13-11-20)29-19-24(28)18-27-15-14-21-6-2-3-7-22(21)17-27/h2-3,6-7,10-13,23-24,28H,4-5,8-9,14-19H2,1H3. The van der Waals surface area contributed by atoms with E-state index in [1.54, 1.807) is 0 Å². The summed E-state index contributed by atoms with van der Waals surface area (Å²) in [5, 5.41) is 10.4. The number of ether oxygens (including phenoxy) is 1. The summed E-state index contributed by atoms with van der Waals surface area (Å²) in [5.74, 6) is 0.834. The molecule has 0 spiro atoms. The van der Waals surface area contributed by atoms with Gasteiger partial charge in [0.25, 0.3) is 0 Å². The van der Waals surface area contributed by atoms with E-state index < -0.39 is 6.10 Å². The number of β-amino-alcohol motifs (C(OH)–C–C–N with tert-alkyl or cyclic N) is 1. The lowest BCUT2D eigenvalue weighted by Crippen LogP contribution is -2.38. The minimum atomic E-state index is -0.478. The van der Waals surface area contributed by atoms with Gasteiger partial charge in [-0.05, 0) is 55.1 Å². The van der Waals surface area contributed by atoms with Crippen LogP contribution in [0.5, 0.6) is 5.75 Å². The molecule has 1 atom stereocenters. The Morgan fingerprint density at radius 3 is 2.55 bits per heavy atom. The second kappa shape index (κ2) is 9.75. The van der Waals surface area contributed by atoms with Gasteiger partial charge in [0.1, 0.15) is 18.5 Å². The van der Waals surface area contributed by atoms with Crippen LogP contribution in [0.1, 0.15) is 42.4 Å². The van der Waals surface area contributed by atoms with Crippen LogP contribution in [0.2, 0.25) is 0 Å². The highest BCUT2D eigenvalue weighted by molar-refractivity contribution is 5.29. The molecule has 2 aliphatic rings. The molecule has 4 nitrogen and oxygen atoms in total. The minimum absolute atomic E-state index is 0.333. The van der Waals surface area contributed by atoms with Crippen molar-refractivity contribution < 1.29 is 9.84 Å². The van der Waals surface area contributed by atoms with Gasteiger partial charge in [0, 0.05) is 32.2 Å². The van der Waals surface area contributed by atoms with Crippen molar-refractivity contribution in [2.24, 2.45) is 0 Å². The Balaban J connectivity index is 1.21. The summed E-state index contributed by atoms with van der Waals surface area (Å²) in [6.07, 6.45) is 5.98. The van der Waals surface area contributed by atoms with Crippen LogP contribution < -0.4 is 4.74 Å². The highest BCUT2D eigenvalue weighted by Crippen LogP contribution is 2.24. The van der Waals surface area contributed by atoms with Gasteiger partial charge in [-0.1, -0.05) is 49.2 Å². The molecule has 0 saturated heterocycles. The normalized spacial score (nSPS) is 18.7. The molecular formula is C25H34N2O2. The molecule has 0 amide bonds. The molecule has 2 aromatic rings. The largest absolute Gasteiger partial charge is 0.491 e. The second-order valence-corrected chi connectivity index (χ2v) is 8.72. The second-order valence-electron chi connectivity index (χ2n) is 8.72. The Kier molecular flexibility index (Phi) is 6.86. The summed E-state index contributed by atoms with van der Waals surface area (Å²) in [6.45, 7) is 3.88. The lowest BCUT2D eigenvalue weighted by molar-refractivity contribution is 0.0638. The third-order valence-corrected chi connectivity index (χ3v) is 6.42. The third kappa shape index (κ3) is 5.59. The first-order valence-electron chi connectivity index (χ1n) is 11.1. The number of nitrogens with zero attached hydrogens (tertiary/aromatic N) is 2. The van der Waals surface area contributed by atoms with E-state index in [4.69, 9.17) is 4.74 Å². The molecule has 1 heterocycles. The van der Waals surface area contributed by atoms with E-state index in [2.05, 4.69) is 53.2 Å². The molecular weight excluding hydrogens is 360 g/mol. The van der Waals surface area contributed by atoms with Crippen LogP contribution >= 0.6 is 0 Å². The molecule has 1 aliphatic heterocycles. The van der Waals surface area contributed by atoms with Gasteiger partial charge in [0.05, 0.1) is 0 Å². The first-order chi connectivity index (χ1) is 14.2. The van der Waals surface area contributed by atoms with Crippen molar-refractivity contribution in [1.29, 1.82) is 0 Å². The van der Waals surface area contributed by atoms with E-state index in [0.29, 0.717) is 13.2 Å². The van der Waals surface area contributed by atoms with E-state index in [1.165, 1.54) is 42.4 Å². The maximum absolute atomic E-state index is 10.4. The van der Waals surface area contributed by atoms with Gasteiger partial charge in [-0.3, -0.25) is 9.80 Å². The molecule has 0 bridgehead atoms. The zero-order valence-corrected chi connectivity index (χ0v) is 17.6. The average Bonchev–Trinajstić information content (AvgIpc) is 3.28. The third-order valence-electron chi connectivity index (χ3n) is 6.42. The van der Waals surface area contributed by atoms with Crippen molar-refractivity contribution in [3.05, 3.63) is 65.2 Å². The smallest absolute Gasteiger partial charge is 0.119 e. The fourth-order valence-corrected chi connectivity index (χ4v) is 4.71.